The van der Waals surface area contributed by atoms with Crippen LogP contribution in [0, 0.1) is 0 Å². The predicted octanol–water partition coefficient (Wildman–Crippen LogP) is 3.70. The Morgan fingerprint density at radius 2 is 1.83 bits per heavy atom. The van der Waals surface area contributed by atoms with Crippen molar-refractivity contribution in [3.63, 3.8) is 0 Å². The fourth-order valence-corrected chi connectivity index (χ4v) is 2.92. The monoisotopic (exact) mass is 328 g/mol. The summed E-state index contributed by atoms with van der Waals surface area (Å²) in [4.78, 5) is 2.37. The van der Waals surface area contributed by atoms with Gasteiger partial charge in [-0.2, -0.15) is 0 Å². The van der Waals surface area contributed by atoms with Crippen molar-refractivity contribution in [3.8, 4) is 11.5 Å². The number of hydrogen-bond acceptors (Lipinski definition) is 4. The van der Waals surface area contributed by atoms with E-state index in [-0.39, 0.29) is 11.8 Å². The van der Waals surface area contributed by atoms with Gasteiger partial charge in [0.1, 0.15) is 0 Å². The minimum atomic E-state index is 0.0602. The molecule has 2 aromatic rings. The summed E-state index contributed by atoms with van der Waals surface area (Å²) in [5.74, 6) is 0.674. The summed E-state index contributed by atoms with van der Waals surface area (Å²) in [6.45, 7) is 8.10. The third-order valence-electron chi connectivity index (χ3n) is 4.16. The lowest BCUT2D eigenvalue weighted by Crippen LogP contribution is -2.38. The van der Waals surface area contributed by atoms with Crippen LogP contribution in [0.3, 0.4) is 0 Å². The number of phenols is 1. The summed E-state index contributed by atoms with van der Waals surface area (Å²) in [7, 11) is 0. The minimum Gasteiger partial charge on any atom is -0.504 e. The van der Waals surface area contributed by atoms with Crippen LogP contribution in [0.1, 0.15) is 37.9 Å². The van der Waals surface area contributed by atoms with Gasteiger partial charge in [-0.25, -0.2) is 0 Å². The molecule has 0 fully saturated rings. The molecule has 4 nitrogen and oxygen atoms in total. The average Bonchev–Trinajstić information content (AvgIpc) is 2.58. The molecule has 0 aromatic heterocycles. The molecule has 0 amide bonds. The van der Waals surface area contributed by atoms with Gasteiger partial charge in [0.15, 0.2) is 11.5 Å². The van der Waals surface area contributed by atoms with Gasteiger partial charge >= 0.3 is 0 Å². The van der Waals surface area contributed by atoms with E-state index >= 15 is 0 Å². The van der Waals surface area contributed by atoms with Crippen LogP contribution in [-0.4, -0.2) is 29.2 Å². The van der Waals surface area contributed by atoms with Crippen molar-refractivity contribution in [3.05, 3.63) is 59.7 Å². The molecule has 4 heteroatoms. The summed E-state index contributed by atoms with van der Waals surface area (Å²) in [6.07, 6.45) is 0. The lowest BCUT2D eigenvalue weighted by molar-refractivity contribution is 0.147. The highest BCUT2D eigenvalue weighted by molar-refractivity contribution is 5.43. The number of benzene rings is 2. The van der Waals surface area contributed by atoms with E-state index in [0.29, 0.717) is 24.9 Å². The highest BCUT2D eigenvalue weighted by atomic mass is 16.5. The zero-order valence-electron chi connectivity index (χ0n) is 14.8. The largest absolute Gasteiger partial charge is 0.504 e. The van der Waals surface area contributed by atoms with Crippen LogP contribution >= 0.6 is 0 Å². The van der Waals surface area contributed by atoms with Crippen molar-refractivity contribution in [1.82, 2.24) is 4.90 Å². The van der Waals surface area contributed by atoms with Crippen LogP contribution in [0.25, 0.3) is 0 Å². The standard InChI is InChI=1S/C20H28N2O2/c1-4-24-20-12-17(10-11-19(20)23)18(13-21)22(15(2)3)14-16-8-6-5-7-9-16/h5-12,15,18,23H,4,13-14,21H2,1-3H3. The van der Waals surface area contributed by atoms with Gasteiger partial charge in [0.05, 0.1) is 6.61 Å². The van der Waals surface area contributed by atoms with E-state index in [0.717, 1.165) is 12.1 Å². The highest BCUT2D eigenvalue weighted by Gasteiger charge is 2.23. The molecule has 0 bridgehead atoms. The zero-order valence-corrected chi connectivity index (χ0v) is 14.8. The summed E-state index contributed by atoms with van der Waals surface area (Å²) >= 11 is 0. The van der Waals surface area contributed by atoms with E-state index in [1.54, 1.807) is 6.07 Å². The number of ether oxygens (including phenoxy) is 1. The SMILES string of the molecule is CCOc1cc(C(CN)N(Cc2ccccc2)C(C)C)ccc1O. The molecule has 0 saturated heterocycles. The zero-order chi connectivity index (χ0) is 17.5. The predicted molar refractivity (Wildman–Crippen MR) is 98.2 cm³/mol. The van der Waals surface area contributed by atoms with E-state index < -0.39 is 0 Å². The van der Waals surface area contributed by atoms with E-state index in [1.807, 2.05) is 25.1 Å². The Morgan fingerprint density at radius 3 is 2.42 bits per heavy atom. The molecule has 130 valence electrons. The Morgan fingerprint density at radius 1 is 1.12 bits per heavy atom. The molecular weight excluding hydrogens is 300 g/mol. The Kier molecular flexibility index (Phi) is 6.64. The molecule has 0 aliphatic carbocycles. The summed E-state index contributed by atoms with van der Waals surface area (Å²) < 4.78 is 5.52. The smallest absolute Gasteiger partial charge is 0.161 e. The molecule has 3 N–H and O–H groups in total. The quantitative estimate of drug-likeness (QED) is 0.776. The van der Waals surface area contributed by atoms with Gasteiger partial charge in [-0.05, 0) is 44.0 Å². The van der Waals surface area contributed by atoms with Gasteiger partial charge in [-0.3, -0.25) is 4.90 Å². The van der Waals surface area contributed by atoms with E-state index in [9.17, 15) is 5.11 Å². The molecule has 1 atom stereocenters. The molecule has 0 heterocycles. The third-order valence-corrected chi connectivity index (χ3v) is 4.16. The number of aromatic hydroxyl groups is 1. The van der Waals surface area contributed by atoms with Crippen molar-refractivity contribution >= 4 is 0 Å². The fraction of sp³-hybridized carbons (Fsp3) is 0.400. The molecule has 24 heavy (non-hydrogen) atoms. The highest BCUT2D eigenvalue weighted by Crippen LogP contribution is 2.32. The van der Waals surface area contributed by atoms with Gasteiger partial charge in [0, 0.05) is 25.2 Å². The number of hydrogen-bond donors (Lipinski definition) is 2. The van der Waals surface area contributed by atoms with Gasteiger partial charge in [-0.1, -0.05) is 36.4 Å². The maximum absolute atomic E-state index is 9.93. The molecule has 2 rings (SSSR count). The second kappa shape index (κ2) is 8.71. The summed E-state index contributed by atoms with van der Waals surface area (Å²) in [5, 5.41) is 9.93. The lowest BCUT2D eigenvalue weighted by atomic mass is 10.0. The molecule has 0 aliphatic rings. The van der Waals surface area contributed by atoms with Crippen LogP contribution < -0.4 is 10.5 Å². The third kappa shape index (κ3) is 4.49. The first-order valence-corrected chi connectivity index (χ1v) is 8.52. The lowest BCUT2D eigenvalue weighted by Gasteiger charge is -2.35. The second-order valence-corrected chi connectivity index (χ2v) is 6.16. The second-order valence-electron chi connectivity index (χ2n) is 6.16. The number of nitrogens with zero attached hydrogens (tertiary/aromatic N) is 1. The van der Waals surface area contributed by atoms with Crippen LogP contribution in [0.4, 0.5) is 0 Å². The van der Waals surface area contributed by atoms with Gasteiger partial charge < -0.3 is 15.6 Å². The molecule has 0 aliphatic heterocycles. The van der Waals surface area contributed by atoms with Gasteiger partial charge in [0.2, 0.25) is 0 Å². The molecule has 1 unspecified atom stereocenters. The van der Waals surface area contributed by atoms with Gasteiger partial charge in [0.25, 0.3) is 0 Å². The topological polar surface area (TPSA) is 58.7 Å². The summed E-state index contributed by atoms with van der Waals surface area (Å²) in [5.41, 5.74) is 8.43. The fourth-order valence-electron chi connectivity index (χ4n) is 2.92. The molecule has 0 spiro atoms. The number of rotatable bonds is 8. The average molecular weight is 328 g/mol. The molecule has 0 radical (unpaired) electrons. The van der Waals surface area contributed by atoms with Crippen LogP contribution in [0.5, 0.6) is 11.5 Å². The first kappa shape index (κ1) is 18.3. The van der Waals surface area contributed by atoms with Crippen LogP contribution in [0.15, 0.2) is 48.5 Å². The minimum absolute atomic E-state index is 0.0602. The maximum Gasteiger partial charge on any atom is 0.161 e. The number of nitrogens with two attached hydrogens (primary N) is 1. The maximum atomic E-state index is 9.93. The number of phenolic OH excluding ortho intramolecular Hbond substituents is 1. The van der Waals surface area contributed by atoms with Crippen molar-refractivity contribution in [2.75, 3.05) is 13.2 Å². The Hall–Kier alpha value is -2.04. The van der Waals surface area contributed by atoms with Crippen molar-refractivity contribution in [1.29, 1.82) is 0 Å². The summed E-state index contributed by atoms with van der Waals surface area (Å²) in [6, 6.07) is 16.3. The Balaban J connectivity index is 2.30. The van der Waals surface area contributed by atoms with E-state index in [2.05, 4.69) is 43.0 Å². The first-order valence-electron chi connectivity index (χ1n) is 8.52. The molecule has 2 aromatic carbocycles. The molecule has 0 saturated carbocycles. The van der Waals surface area contributed by atoms with Crippen molar-refractivity contribution < 1.29 is 9.84 Å². The van der Waals surface area contributed by atoms with Crippen molar-refractivity contribution in [2.45, 2.75) is 39.4 Å². The van der Waals surface area contributed by atoms with E-state index in [1.165, 1.54) is 5.56 Å². The van der Waals surface area contributed by atoms with Gasteiger partial charge in [-0.15, -0.1) is 0 Å². The van der Waals surface area contributed by atoms with Crippen molar-refractivity contribution in [2.24, 2.45) is 5.73 Å². The van der Waals surface area contributed by atoms with E-state index in [4.69, 9.17) is 10.5 Å². The Labute approximate surface area is 144 Å². The Bertz CT molecular complexity index is 629. The normalized spacial score (nSPS) is 12.6. The van der Waals surface area contributed by atoms with Crippen LogP contribution in [0.2, 0.25) is 0 Å². The molecular formula is C20H28N2O2. The van der Waals surface area contributed by atoms with Crippen LogP contribution in [-0.2, 0) is 6.54 Å². The first-order chi connectivity index (χ1) is 11.6.